The number of hydrogen-bond acceptors (Lipinski definition) is 6. The van der Waals surface area contributed by atoms with E-state index < -0.39 is 40.2 Å². The molecule has 0 saturated carbocycles. The summed E-state index contributed by atoms with van der Waals surface area (Å²) in [6, 6.07) is 7.89. The minimum Gasteiger partial charge on any atom is -0.496 e. The van der Waals surface area contributed by atoms with Crippen molar-refractivity contribution in [2.24, 2.45) is 0 Å². The summed E-state index contributed by atoms with van der Waals surface area (Å²) in [4.78, 5) is 22.4. The van der Waals surface area contributed by atoms with Crippen LogP contribution in [0.1, 0.15) is 12.5 Å². The molecule has 0 heterocycles. The van der Waals surface area contributed by atoms with Crippen LogP contribution in [-0.4, -0.2) is 24.1 Å². The number of carbonyl (C=O) groups excluding carboxylic acids is 1. The van der Waals surface area contributed by atoms with Gasteiger partial charge in [-0.1, -0.05) is 12.1 Å². The van der Waals surface area contributed by atoms with E-state index in [0.29, 0.717) is 0 Å². The van der Waals surface area contributed by atoms with Gasteiger partial charge in [-0.2, -0.15) is 13.2 Å². The van der Waals surface area contributed by atoms with E-state index in [0.717, 1.165) is 24.3 Å². The summed E-state index contributed by atoms with van der Waals surface area (Å²) in [6.07, 6.45) is -6.12. The molecule has 0 radical (unpaired) electrons. The number of nitro groups is 1. The highest BCUT2D eigenvalue weighted by Crippen LogP contribution is 2.36. The number of benzene rings is 2. The quantitative estimate of drug-likeness (QED) is 0.323. The molecule has 0 fully saturated rings. The Hall–Kier alpha value is -3.30. The lowest BCUT2D eigenvalue weighted by molar-refractivity contribution is -0.385. The summed E-state index contributed by atoms with van der Waals surface area (Å²) >= 11 is 0. The van der Waals surface area contributed by atoms with Crippen LogP contribution in [0.15, 0.2) is 42.5 Å². The van der Waals surface area contributed by atoms with Crippen LogP contribution in [0.5, 0.6) is 17.2 Å². The van der Waals surface area contributed by atoms with Crippen LogP contribution in [0, 0.1) is 10.1 Å². The topological polar surface area (TPSA) is 87.9 Å². The summed E-state index contributed by atoms with van der Waals surface area (Å²) in [7, 11) is 1.30. The highest BCUT2D eigenvalue weighted by atomic mass is 19.4. The molecule has 0 aromatic heterocycles. The van der Waals surface area contributed by atoms with Gasteiger partial charge in [0.1, 0.15) is 11.5 Å². The van der Waals surface area contributed by atoms with Crippen molar-refractivity contribution >= 4 is 11.7 Å². The van der Waals surface area contributed by atoms with Crippen molar-refractivity contribution < 1.29 is 37.1 Å². The van der Waals surface area contributed by atoms with Crippen LogP contribution in [0.3, 0.4) is 0 Å². The van der Waals surface area contributed by atoms with E-state index >= 15 is 0 Å². The zero-order valence-corrected chi connectivity index (χ0v) is 14.1. The molecule has 144 valence electrons. The monoisotopic (exact) mass is 385 g/mol. The predicted octanol–water partition coefficient (Wildman–Crippen LogP) is 4.00. The van der Waals surface area contributed by atoms with Crippen molar-refractivity contribution in [1.29, 1.82) is 0 Å². The zero-order chi connectivity index (χ0) is 20.2. The summed E-state index contributed by atoms with van der Waals surface area (Å²) in [5, 5.41) is 11.1. The number of carbonyl (C=O) groups is 1. The van der Waals surface area contributed by atoms with Crippen molar-refractivity contribution in [1.82, 2.24) is 0 Å². The van der Waals surface area contributed by atoms with Gasteiger partial charge in [0.25, 0.3) is 0 Å². The molecule has 2 aromatic rings. The highest BCUT2D eigenvalue weighted by molar-refractivity contribution is 5.78. The summed E-state index contributed by atoms with van der Waals surface area (Å²) in [6.45, 7) is 1.17. The Morgan fingerprint density at radius 3 is 2.41 bits per heavy atom. The molecule has 0 saturated heterocycles. The molecular formula is C17H14F3NO6. The normalized spacial score (nSPS) is 12.2. The Morgan fingerprint density at radius 2 is 1.81 bits per heavy atom. The van der Waals surface area contributed by atoms with E-state index in [4.69, 9.17) is 14.2 Å². The Morgan fingerprint density at radius 1 is 1.15 bits per heavy atom. The third-order valence-electron chi connectivity index (χ3n) is 3.40. The Kier molecular flexibility index (Phi) is 5.88. The van der Waals surface area contributed by atoms with Crippen LogP contribution in [0.2, 0.25) is 0 Å². The van der Waals surface area contributed by atoms with Gasteiger partial charge < -0.3 is 14.2 Å². The Bertz CT molecular complexity index is 853. The SMILES string of the molecule is COc1ccc(OC(=O)C(C)Oc2ccccc2C(F)(F)F)c([N+](=O)[O-])c1. The number of alkyl halides is 3. The molecule has 2 aromatic carbocycles. The number of hydrogen-bond donors (Lipinski definition) is 0. The van der Waals surface area contributed by atoms with Gasteiger partial charge in [-0.15, -0.1) is 0 Å². The van der Waals surface area contributed by atoms with Gasteiger partial charge in [0.15, 0.2) is 6.10 Å². The first-order valence-electron chi connectivity index (χ1n) is 7.50. The van der Waals surface area contributed by atoms with Crippen molar-refractivity contribution in [2.75, 3.05) is 7.11 Å². The molecule has 2 rings (SSSR count). The molecule has 0 bridgehead atoms. The average Bonchev–Trinajstić information content (AvgIpc) is 2.61. The van der Waals surface area contributed by atoms with Gasteiger partial charge in [0.2, 0.25) is 5.75 Å². The first-order valence-corrected chi connectivity index (χ1v) is 7.50. The number of rotatable bonds is 6. The standard InChI is InChI=1S/C17H14F3NO6/c1-10(26-14-6-4-3-5-12(14)17(18,19)20)16(22)27-15-8-7-11(25-2)9-13(15)21(23)24/h3-10H,1-2H3. The number of methoxy groups -OCH3 is 1. The molecule has 0 N–H and O–H groups in total. The number of esters is 1. The molecule has 1 unspecified atom stereocenters. The van der Waals surface area contributed by atoms with E-state index in [9.17, 15) is 28.1 Å². The number of nitro benzene ring substituents is 1. The van der Waals surface area contributed by atoms with Crippen molar-refractivity contribution in [3.63, 3.8) is 0 Å². The minimum absolute atomic E-state index is 0.171. The van der Waals surface area contributed by atoms with E-state index in [-0.39, 0.29) is 11.5 Å². The molecule has 0 spiro atoms. The first-order chi connectivity index (χ1) is 12.6. The molecule has 27 heavy (non-hydrogen) atoms. The van der Waals surface area contributed by atoms with Gasteiger partial charge in [-0.3, -0.25) is 10.1 Å². The smallest absolute Gasteiger partial charge is 0.419 e. The van der Waals surface area contributed by atoms with Crippen LogP contribution in [0.4, 0.5) is 18.9 Å². The van der Waals surface area contributed by atoms with Crippen LogP contribution in [0.25, 0.3) is 0 Å². The highest BCUT2D eigenvalue weighted by Gasteiger charge is 2.35. The maximum absolute atomic E-state index is 13.0. The van der Waals surface area contributed by atoms with E-state index in [1.807, 2.05) is 0 Å². The second kappa shape index (κ2) is 7.94. The molecule has 0 amide bonds. The van der Waals surface area contributed by atoms with Gasteiger partial charge >= 0.3 is 17.8 Å². The minimum atomic E-state index is -4.67. The number of para-hydroxylation sites is 1. The van der Waals surface area contributed by atoms with E-state index in [2.05, 4.69) is 0 Å². The molecule has 0 aliphatic heterocycles. The van der Waals surface area contributed by atoms with Crippen molar-refractivity contribution in [3.05, 3.63) is 58.1 Å². The number of ether oxygens (including phenoxy) is 3. The fourth-order valence-corrected chi connectivity index (χ4v) is 2.09. The second-order valence-corrected chi connectivity index (χ2v) is 5.27. The first kappa shape index (κ1) is 20.0. The fourth-order valence-electron chi connectivity index (χ4n) is 2.09. The molecule has 1 atom stereocenters. The largest absolute Gasteiger partial charge is 0.496 e. The van der Waals surface area contributed by atoms with Gasteiger partial charge in [0, 0.05) is 0 Å². The van der Waals surface area contributed by atoms with Crippen molar-refractivity contribution in [3.8, 4) is 17.2 Å². The molecular weight excluding hydrogens is 371 g/mol. The lowest BCUT2D eigenvalue weighted by Crippen LogP contribution is -2.29. The van der Waals surface area contributed by atoms with Crippen LogP contribution >= 0.6 is 0 Å². The molecule has 0 aliphatic rings. The van der Waals surface area contributed by atoms with Gasteiger partial charge in [0.05, 0.1) is 23.7 Å². The van der Waals surface area contributed by atoms with Gasteiger partial charge in [-0.25, -0.2) is 4.79 Å². The maximum Gasteiger partial charge on any atom is 0.419 e. The summed E-state index contributed by atoms with van der Waals surface area (Å²) in [5.41, 5.74) is -1.59. The van der Waals surface area contributed by atoms with Gasteiger partial charge in [-0.05, 0) is 31.2 Å². The van der Waals surface area contributed by atoms with Crippen LogP contribution in [-0.2, 0) is 11.0 Å². The van der Waals surface area contributed by atoms with Crippen LogP contribution < -0.4 is 14.2 Å². The lowest BCUT2D eigenvalue weighted by Gasteiger charge is -2.17. The average molecular weight is 385 g/mol. The molecule has 7 nitrogen and oxygen atoms in total. The third kappa shape index (κ3) is 4.87. The maximum atomic E-state index is 13.0. The Labute approximate surface area is 151 Å². The van der Waals surface area contributed by atoms with E-state index in [1.165, 1.54) is 32.2 Å². The number of halogens is 3. The molecule has 0 aliphatic carbocycles. The zero-order valence-electron chi connectivity index (χ0n) is 14.1. The third-order valence-corrected chi connectivity index (χ3v) is 3.40. The molecule has 10 heteroatoms. The fraction of sp³-hybridized carbons (Fsp3) is 0.235. The lowest BCUT2D eigenvalue weighted by atomic mass is 10.2. The number of nitrogens with zero attached hydrogens (tertiary/aromatic N) is 1. The Balaban J connectivity index is 2.19. The van der Waals surface area contributed by atoms with Crippen molar-refractivity contribution in [2.45, 2.75) is 19.2 Å². The predicted molar refractivity (Wildman–Crippen MR) is 86.8 cm³/mol. The summed E-state index contributed by atoms with van der Waals surface area (Å²) in [5.74, 6) is -1.87. The van der Waals surface area contributed by atoms with E-state index in [1.54, 1.807) is 0 Å². The second-order valence-electron chi connectivity index (χ2n) is 5.27. The summed E-state index contributed by atoms with van der Waals surface area (Å²) < 4.78 is 53.8.